The molecule has 1 aromatic rings. The molecular weight excluding hydrogens is 289 g/mol. The van der Waals surface area contributed by atoms with Gasteiger partial charge >= 0.3 is 5.97 Å². The van der Waals surface area contributed by atoms with Crippen LogP contribution in [0.5, 0.6) is 0 Å². The van der Waals surface area contributed by atoms with Crippen LogP contribution in [0.4, 0.5) is 4.39 Å². The quantitative estimate of drug-likeness (QED) is 0.543. The van der Waals surface area contributed by atoms with Crippen LogP contribution < -0.4 is 0 Å². The number of carbonyl (C=O) groups is 2. The van der Waals surface area contributed by atoms with Crippen LogP contribution in [0.15, 0.2) is 30.3 Å². The van der Waals surface area contributed by atoms with Crippen molar-refractivity contribution in [3.63, 3.8) is 0 Å². The molecule has 0 N–H and O–H groups in total. The Kier molecular flexibility index (Phi) is 7.85. The monoisotopic (exact) mass is 309 g/mol. The molecule has 0 radical (unpaired) electrons. The molecule has 0 bridgehead atoms. The second-order valence-corrected chi connectivity index (χ2v) is 4.53. The summed E-state index contributed by atoms with van der Waals surface area (Å²) in [6.45, 7) is 0.961. The topological polar surface area (TPSA) is 55.8 Å². The summed E-state index contributed by atoms with van der Waals surface area (Å²) in [6, 6.07) is 5.93. The third-order valence-corrected chi connectivity index (χ3v) is 2.96. The van der Waals surface area contributed by atoms with E-state index < -0.39 is 0 Å². The summed E-state index contributed by atoms with van der Waals surface area (Å²) in [5, 5.41) is 0. The van der Waals surface area contributed by atoms with E-state index in [0.717, 1.165) is 0 Å². The zero-order valence-corrected chi connectivity index (χ0v) is 12.8. The maximum Gasteiger partial charge on any atom is 0.307 e. The Morgan fingerprint density at radius 2 is 2.05 bits per heavy atom. The summed E-state index contributed by atoms with van der Waals surface area (Å²) in [4.78, 5) is 24.8. The maximum atomic E-state index is 13.1. The van der Waals surface area contributed by atoms with Gasteiger partial charge in [-0.3, -0.25) is 9.59 Å². The van der Waals surface area contributed by atoms with Crippen LogP contribution >= 0.6 is 0 Å². The third-order valence-electron chi connectivity index (χ3n) is 2.96. The number of hydrogen-bond acceptors (Lipinski definition) is 4. The van der Waals surface area contributed by atoms with Crippen LogP contribution in [0.1, 0.15) is 12.0 Å². The van der Waals surface area contributed by atoms with Gasteiger partial charge in [-0.2, -0.15) is 0 Å². The smallest absolute Gasteiger partial charge is 0.307 e. The lowest BCUT2D eigenvalue weighted by Gasteiger charge is -2.20. The van der Waals surface area contributed by atoms with Gasteiger partial charge in [-0.15, -0.1) is 0 Å². The average molecular weight is 309 g/mol. The molecule has 6 heteroatoms. The largest absolute Gasteiger partial charge is 0.469 e. The number of esters is 1. The summed E-state index contributed by atoms with van der Waals surface area (Å²) in [5.41, 5.74) is 0.591. The summed E-state index contributed by atoms with van der Waals surface area (Å²) in [6.07, 6.45) is 2.99. The first-order valence-corrected chi connectivity index (χ1v) is 6.85. The van der Waals surface area contributed by atoms with E-state index in [-0.39, 0.29) is 30.7 Å². The highest BCUT2D eigenvalue weighted by atomic mass is 19.1. The Morgan fingerprint density at radius 1 is 1.27 bits per heavy atom. The third kappa shape index (κ3) is 6.49. The number of hydrogen-bond donors (Lipinski definition) is 0. The first-order chi connectivity index (χ1) is 10.6. The van der Waals surface area contributed by atoms with Gasteiger partial charge in [0.25, 0.3) is 0 Å². The van der Waals surface area contributed by atoms with Gasteiger partial charge in [-0.25, -0.2) is 4.39 Å². The minimum atomic E-state index is -0.385. The summed E-state index contributed by atoms with van der Waals surface area (Å²) >= 11 is 0. The van der Waals surface area contributed by atoms with Crippen LogP contribution in [0.3, 0.4) is 0 Å². The minimum absolute atomic E-state index is 0.111. The van der Waals surface area contributed by atoms with Crippen molar-refractivity contribution in [1.82, 2.24) is 4.90 Å². The fraction of sp³-hybridized carbons (Fsp3) is 0.375. The van der Waals surface area contributed by atoms with Crippen molar-refractivity contribution in [3.05, 3.63) is 41.7 Å². The van der Waals surface area contributed by atoms with E-state index in [1.54, 1.807) is 12.1 Å². The van der Waals surface area contributed by atoms with Gasteiger partial charge in [0.05, 0.1) is 20.1 Å². The van der Waals surface area contributed by atoms with Crippen LogP contribution in [0.2, 0.25) is 0 Å². The zero-order chi connectivity index (χ0) is 16.4. The van der Waals surface area contributed by atoms with Crippen molar-refractivity contribution in [2.75, 3.05) is 33.9 Å². The van der Waals surface area contributed by atoms with Crippen LogP contribution in [-0.2, 0) is 19.1 Å². The normalized spacial score (nSPS) is 10.7. The molecule has 0 saturated heterocycles. The fourth-order valence-corrected chi connectivity index (χ4v) is 1.75. The molecule has 0 saturated carbocycles. The van der Waals surface area contributed by atoms with Gasteiger partial charge in [-0.05, 0) is 23.8 Å². The van der Waals surface area contributed by atoms with Gasteiger partial charge in [0.1, 0.15) is 5.82 Å². The SMILES string of the molecule is COCCN(CCC(=O)OC)C(=O)C=Cc1cccc(F)c1. The molecule has 1 rings (SSSR count). The van der Waals surface area contributed by atoms with E-state index in [1.807, 2.05) is 0 Å². The molecule has 0 heterocycles. The molecule has 120 valence electrons. The zero-order valence-electron chi connectivity index (χ0n) is 12.8. The Balaban J connectivity index is 2.67. The number of benzene rings is 1. The maximum absolute atomic E-state index is 13.1. The molecular formula is C16H20FNO4. The molecule has 0 aliphatic heterocycles. The van der Waals surface area contributed by atoms with Crippen LogP contribution in [0, 0.1) is 5.82 Å². The van der Waals surface area contributed by atoms with E-state index in [1.165, 1.54) is 43.4 Å². The second kappa shape index (κ2) is 9.68. The van der Waals surface area contributed by atoms with E-state index >= 15 is 0 Å². The van der Waals surface area contributed by atoms with Crippen molar-refractivity contribution in [2.24, 2.45) is 0 Å². The first-order valence-electron chi connectivity index (χ1n) is 6.85. The molecule has 0 aliphatic rings. The number of amides is 1. The molecule has 0 aliphatic carbocycles. The van der Waals surface area contributed by atoms with Crippen LogP contribution in [-0.4, -0.2) is 50.7 Å². The number of ether oxygens (including phenoxy) is 2. The lowest BCUT2D eigenvalue weighted by atomic mass is 10.2. The number of methoxy groups -OCH3 is 2. The molecule has 0 fully saturated rings. The molecule has 1 aromatic carbocycles. The molecule has 0 spiro atoms. The molecule has 0 unspecified atom stereocenters. The average Bonchev–Trinajstić information content (AvgIpc) is 2.52. The first kappa shape index (κ1) is 17.8. The van der Waals surface area contributed by atoms with Crippen molar-refractivity contribution in [2.45, 2.75) is 6.42 Å². The summed E-state index contributed by atoms with van der Waals surface area (Å²) in [7, 11) is 2.83. The van der Waals surface area contributed by atoms with Gasteiger partial charge in [0.2, 0.25) is 5.91 Å². The molecule has 22 heavy (non-hydrogen) atoms. The van der Waals surface area contributed by atoms with Crippen molar-refractivity contribution >= 4 is 18.0 Å². The highest BCUT2D eigenvalue weighted by Crippen LogP contribution is 2.06. The Labute approximate surface area is 129 Å². The lowest BCUT2D eigenvalue weighted by Crippen LogP contribution is -2.34. The van der Waals surface area contributed by atoms with Crippen LogP contribution in [0.25, 0.3) is 6.08 Å². The second-order valence-electron chi connectivity index (χ2n) is 4.53. The van der Waals surface area contributed by atoms with E-state index in [4.69, 9.17) is 4.74 Å². The van der Waals surface area contributed by atoms with E-state index in [9.17, 15) is 14.0 Å². The Hall–Kier alpha value is -2.21. The predicted octanol–water partition coefficient (Wildman–Crippen LogP) is 1.88. The van der Waals surface area contributed by atoms with E-state index in [0.29, 0.717) is 18.7 Å². The highest BCUT2D eigenvalue weighted by Gasteiger charge is 2.12. The Morgan fingerprint density at radius 3 is 2.68 bits per heavy atom. The molecule has 0 aromatic heterocycles. The number of rotatable bonds is 8. The number of nitrogens with zero attached hydrogens (tertiary/aromatic N) is 1. The Bertz CT molecular complexity index is 531. The molecule has 1 amide bonds. The van der Waals surface area contributed by atoms with Crippen molar-refractivity contribution < 1.29 is 23.5 Å². The standard InChI is InChI=1S/C16H20FNO4/c1-21-11-10-18(9-8-16(20)22-2)15(19)7-6-13-4-3-5-14(17)12-13/h3-7,12H,8-11H2,1-2H3. The minimum Gasteiger partial charge on any atom is -0.469 e. The molecule has 5 nitrogen and oxygen atoms in total. The molecule has 0 atom stereocenters. The van der Waals surface area contributed by atoms with Crippen molar-refractivity contribution in [3.8, 4) is 0 Å². The highest BCUT2D eigenvalue weighted by molar-refractivity contribution is 5.92. The summed E-state index contributed by atoms with van der Waals surface area (Å²) in [5.74, 6) is -1.02. The van der Waals surface area contributed by atoms with E-state index in [2.05, 4.69) is 4.74 Å². The van der Waals surface area contributed by atoms with Crippen molar-refractivity contribution in [1.29, 1.82) is 0 Å². The number of carbonyl (C=O) groups excluding carboxylic acids is 2. The van der Waals surface area contributed by atoms with Gasteiger partial charge in [0.15, 0.2) is 0 Å². The van der Waals surface area contributed by atoms with Gasteiger partial charge in [-0.1, -0.05) is 12.1 Å². The lowest BCUT2D eigenvalue weighted by molar-refractivity contribution is -0.141. The van der Waals surface area contributed by atoms with Gasteiger partial charge < -0.3 is 14.4 Å². The fourth-order valence-electron chi connectivity index (χ4n) is 1.75. The summed E-state index contributed by atoms with van der Waals surface area (Å²) < 4.78 is 22.6. The predicted molar refractivity (Wildman–Crippen MR) is 80.5 cm³/mol. The number of halogens is 1. The van der Waals surface area contributed by atoms with Gasteiger partial charge in [0, 0.05) is 26.3 Å².